The fraction of sp³-hybridized carbons (Fsp3) is 0.333. The van der Waals surface area contributed by atoms with Gasteiger partial charge in [-0.2, -0.15) is 0 Å². The lowest BCUT2D eigenvalue weighted by Crippen LogP contribution is -2.92. The van der Waals surface area contributed by atoms with Crippen molar-refractivity contribution >= 4 is 17.5 Å². The molecular formula is C21H25N2O4+. The van der Waals surface area contributed by atoms with Gasteiger partial charge in [0, 0.05) is 0 Å². The number of benzene rings is 2. The number of hydrogen-bond donors (Lipinski definition) is 2. The quantitative estimate of drug-likeness (QED) is 0.689. The molecule has 0 radical (unpaired) electrons. The second kappa shape index (κ2) is 8.79. The number of quaternary nitrogens is 1. The van der Waals surface area contributed by atoms with Crippen LogP contribution in [0.4, 0.5) is 5.69 Å². The first-order valence-corrected chi connectivity index (χ1v) is 9.26. The van der Waals surface area contributed by atoms with E-state index in [9.17, 15) is 14.7 Å². The number of aliphatic hydroxyl groups excluding tert-OH is 1. The zero-order chi connectivity index (χ0) is 19.2. The molecule has 1 saturated heterocycles. The van der Waals surface area contributed by atoms with Crippen molar-refractivity contribution in [2.75, 3.05) is 18.1 Å². The zero-order valence-electron chi connectivity index (χ0n) is 15.4. The molecule has 1 heterocycles. The van der Waals surface area contributed by atoms with Gasteiger partial charge in [-0.3, -0.25) is 9.59 Å². The van der Waals surface area contributed by atoms with E-state index in [2.05, 4.69) is 0 Å². The van der Waals surface area contributed by atoms with Crippen molar-refractivity contribution in [2.45, 2.75) is 31.9 Å². The number of carbonyl (C=O) groups excluding carboxylic acids is 2. The van der Waals surface area contributed by atoms with Gasteiger partial charge in [0.1, 0.15) is 18.4 Å². The zero-order valence-corrected chi connectivity index (χ0v) is 15.4. The van der Waals surface area contributed by atoms with Gasteiger partial charge in [0.15, 0.2) is 6.04 Å². The topological polar surface area (TPSA) is 83.4 Å². The van der Waals surface area contributed by atoms with Crippen molar-refractivity contribution in [1.29, 1.82) is 0 Å². The first-order valence-electron chi connectivity index (χ1n) is 9.26. The summed E-state index contributed by atoms with van der Waals surface area (Å²) in [5, 5.41) is 12.0. The van der Waals surface area contributed by atoms with Crippen LogP contribution < -0.4 is 15.0 Å². The minimum Gasteiger partial charge on any atom is -0.494 e. The van der Waals surface area contributed by atoms with Crippen molar-refractivity contribution in [1.82, 2.24) is 0 Å². The van der Waals surface area contributed by atoms with Crippen LogP contribution in [0.5, 0.6) is 5.75 Å². The average molecular weight is 369 g/mol. The summed E-state index contributed by atoms with van der Waals surface area (Å²) < 4.78 is 5.53. The molecule has 6 nitrogen and oxygen atoms in total. The van der Waals surface area contributed by atoms with Gasteiger partial charge in [-0.1, -0.05) is 37.3 Å². The standard InChI is InChI=1S/C21H24N2O4/c1-2-12-27-17-10-8-16(9-11-17)23-20(25)13-18(21(23)26)22-14-19(24)15-6-4-3-5-7-15/h3-11,18-19,22,24H,2,12-14H2,1H3/p+1/t18-,19+/m1/s1. The smallest absolute Gasteiger partial charge is 0.292 e. The molecule has 2 atom stereocenters. The molecule has 1 aliphatic heterocycles. The fourth-order valence-corrected chi connectivity index (χ4v) is 3.13. The summed E-state index contributed by atoms with van der Waals surface area (Å²) in [6.07, 6.45) is 0.365. The number of hydrogen-bond acceptors (Lipinski definition) is 4. The Hall–Kier alpha value is -2.70. The summed E-state index contributed by atoms with van der Waals surface area (Å²) in [6, 6.07) is 15.8. The molecule has 1 fully saturated rings. The fourth-order valence-electron chi connectivity index (χ4n) is 3.13. The average Bonchev–Trinajstić information content (AvgIpc) is 2.99. The van der Waals surface area contributed by atoms with Crippen molar-refractivity contribution in [3.05, 3.63) is 60.2 Å². The lowest BCUT2D eigenvalue weighted by molar-refractivity contribution is -0.681. The molecule has 0 unspecified atom stereocenters. The minimum absolute atomic E-state index is 0.133. The minimum atomic E-state index is -0.682. The third-order valence-electron chi connectivity index (χ3n) is 4.58. The lowest BCUT2D eigenvalue weighted by Gasteiger charge is -2.16. The number of anilines is 1. The molecule has 0 bridgehead atoms. The molecule has 27 heavy (non-hydrogen) atoms. The van der Waals surface area contributed by atoms with Gasteiger partial charge in [0.05, 0.1) is 18.7 Å². The highest BCUT2D eigenvalue weighted by molar-refractivity contribution is 6.21. The summed E-state index contributed by atoms with van der Waals surface area (Å²) in [4.78, 5) is 26.3. The molecule has 1 aliphatic rings. The Morgan fingerprint density at radius 2 is 1.85 bits per heavy atom. The van der Waals surface area contributed by atoms with Gasteiger partial charge in [-0.05, 0) is 36.2 Å². The van der Waals surface area contributed by atoms with Crippen LogP contribution in [0.25, 0.3) is 0 Å². The largest absolute Gasteiger partial charge is 0.494 e. The van der Waals surface area contributed by atoms with Gasteiger partial charge < -0.3 is 15.2 Å². The van der Waals surface area contributed by atoms with E-state index in [0.717, 1.165) is 12.0 Å². The van der Waals surface area contributed by atoms with Crippen molar-refractivity contribution in [3.63, 3.8) is 0 Å². The molecule has 2 aromatic rings. The molecule has 2 amide bonds. The van der Waals surface area contributed by atoms with Gasteiger partial charge in [0.25, 0.3) is 5.91 Å². The van der Waals surface area contributed by atoms with Crippen molar-refractivity contribution in [3.8, 4) is 5.75 Å². The van der Waals surface area contributed by atoms with Gasteiger partial charge in [0.2, 0.25) is 5.91 Å². The summed E-state index contributed by atoms with van der Waals surface area (Å²) in [7, 11) is 0. The monoisotopic (exact) mass is 369 g/mol. The highest BCUT2D eigenvalue weighted by Gasteiger charge is 2.42. The lowest BCUT2D eigenvalue weighted by atomic mass is 10.1. The Balaban J connectivity index is 1.61. The van der Waals surface area contributed by atoms with E-state index < -0.39 is 12.1 Å². The Labute approximate surface area is 158 Å². The third-order valence-corrected chi connectivity index (χ3v) is 4.58. The van der Waals surface area contributed by atoms with Crippen LogP contribution in [0.1, 0.15) is 31.4 Å². The first-order chi connectivity index (χ1) is 13.1. The number of ether oxygens (including phenoxy) is 1. The van der Waals surface area contributed by atoms with Crippen molar-refractivity contribution in [2.24, 2.45) is 0 Å². The number of carbonyl (C=O) groups is 2. The molecule has 3 rings (SSSR count). The van der Waals surface area contributed by atoms with E-state index in [1.807, 2.05) is 37.3 Å². The summed E-state index contributed by atoms with van der Waals surface area (Å²) >= 11 is 0. The second-order valence-corrected chi connectivity index (χ2v) is 6.62. The SMILES string of the molecule is CCCOc1ccc(N2C(=O)C[C@@H]([NH2+]C[C@H](O)c3ccccc3)C2=O)cc1. The predicted molar refractivity (Wildman–Crippen MR) is 101 cm³/mol. The van der Waals surface area contributed by atoms with Gasteiger partial charge >= 0.3 is 0 Å². The van der Waals surface area contributed by atoms with Crippen LogP contribution in [-0.2, 0) is 9.59 Å². The van der Waals surface area contributed by atoms with Gasteiger partial charge in [-0.25, -0.2) is 4.90 Å². The summed E-state index contributed by atoms with van der Waals surface area (Å²) in [6.45, 7) is 2.98. The molecule has 0 aliphatic carbocycles. The summed E-state index contributed by atoms with van der Waals surface area (Å²) in [5.74, 6) is 0.244. The predicted octanol–water partition coefficient (Wildman–Crippen LogP) is 1.40. The maximum absolute atomic E-state index is 12.7. The van der Waals surface area contributed by atoms with Crippen LogP contribution in [0.2, 0.25) is 0 Å². The van der Waals surface area contributed by atoms with E-state index in [0.29, 0.717) is 24.6 Å². The normalized spacial score (nSPS) is 18.0. The highest BCUT2D eigenvalue weighted by atomic mass is 16.5. The second-order valence-electron chi connectivity index (χ2n) is 6.62. The number of amides is 2. The van der Waals surface area contributed by atoms with Crippen LogP contribution in [0.15, 0.2) is 54.6 Å². The molecule has 0 saturated carbocycles. The van der Waals surface area contributed by atoms with Crippen LogP contribution in [0.3, 0.4) is 0 Å². The van der Waals surface area contributed by atoms with Crippen LogP contribution in [0, 0.1) is 0 Å². The Kier molecular flexibility index (Phi) is 6.21. The van der Waals surface area contributed by atoms with E-state index in [1.54, 1.807) is 29.6 Å². The molecule has 6 heteroatoms. The maximum atomic E-state index is 12.7. The Morgan fingerprint density at radius 3 is 2.52 bits per heavy atom. The van der Waals surface area contributed by atoms with E-state index in [-0.39, 0.29) is 18.2 Å². The van der Waals surface area contributed by atoms with Crippen LogP contribution >= 0.6 is 0 Å². The molecule has 3 N–H and O–H groups in total. The number of nitrogens with two attached hydrogens (primary N) is 1. The van der Waals surface area contributed by atoms with Crippen molar-refractivity contribution < 1.29 is 24.7 Å². The number of imide groups is 1. The van der Waals surface area contributed by atoms with E-state index >= 15 is 0 Å². The Morgan fingerprint density at radius 1 is 1.15 bits per heavy atom. The number of nitrogens with zero attached hydrogens (tertiary/aromatic N) is 1. The van der Waals surface area contributed by atoms with Crippen LogP contribution in [-0.4, -0.2) is 36.1 Å². The highest BCUT2D eigenvalue weighted by Crippen LogP contribution is 2.24. The number of aliphatic hydroxyl groups is 1. The third kappa shape index (κ3) is 4.53. The maximum Gasteiger partial charge on any atom is 0.292 e. The first kappa shape index (κ1) is 19.1. The molecule has 0 spiro atoms. The van der Waals surface area contributed by atoms with Gasteiger partial charge in [-0.15, -0.1) is 0 Å². The molecule has 0 aromatic heterocycles. The van der Waals surface area contributed by atoms with E-state index in [1.165, 1.54) is 4.90 Å². The molecule has 2 aromatic carbocycles. The number of rotatable bonds is 8. The Bertz CT molecular complexity index is 777. The molecule has 142 valence electrons. The van der Waals surface area contributed by atoms with E-state index in [4.69, 9.17) is 4.74 Å². The molecular weight excluding hydrogens is 344 g/mol. The summed E-state index contributed by atoms with van der Waals surface area (Å²) in [5.41, 5.74) is 1.35.